The molecule has 3 aromatic carbocycles. The number of carbonyl (C=O) groups is 1. The van der Waals surface area contributed by atoms with Gasteiger partial charge in [-0.05, 0) is 59.7 Å². The first-order valence-electron chi connectivity index (χ1n) is 14.7. The van der Waals surface area contributed by atoms with Crippen LogP contribution in [0.4, 0.5) is 5.69 Å². The maximum absolute atomic E-state index is 14.4. The van der Waals surface area contributed by atoms with E-state index in [2.05, 4.69) is 15.3 Å². The molecule has 1 saturated carbocycles. The van der Waals surface area contributed by atoms with E-state index in [9.17, 15) is 10.3 Å². The molecule has 3 aromatic rings. The monoisotopic (exact) mass is 567 g/mol. The van der Waals surface area contributed by atoms with E-state index in [-0.39, 0.29) is 18.9 Å². The van der Waals surface area contributed by atoms with Crippen LogP contribution in [0.15, 0.2) is 89.0 Å². The van der Waals surface area contributed by atoms with Gasteiger partial charge in [-0.15, -0.1) is 0 Å². The number of nitrogens with one attached hydrogen (secondary N) is 1. The number of amides is 1. The second kappa shape index (κ2) is 14.0. The number of carbonyl (C=O) groups excluding carboxylic acids is 1. The molecule has 2 aliphatic rings. The fourth-order valence-electron chi connectivity index (χ4n) is 5.79. The number of aliphatic imine (C=N–C) groups is 1. The van der Waals surface area contributed by atoms with E-state index in [1.54, 1.807) is 6.07 Å². The first-order chi connectivity index (χ1) is 20.6. The van der Waals surface area contributed by atoms with Gasteiger partial charge in [-0.1, -0.05) is 79.0 Å². The average molecular weight is 568 g/mol. The van der Waals surface area contributed by atoms with Crippen LogP contribution in [0.1, 0.15) is 61.3 Å². The van der Waals surface area contributed by atoms with Crippen LogP contribution in [0.25, 0.3) is 10.4 Å². The zero-order valence-electron chi connectivity index (χ0n) is 23.7. The predicted octanol–water partition coefficient (Wildman–Crippen LogP) is 6.59. The van der Waals surface area contributed by atoms with Crippen molar-refractivity contribution in [3.63, 3.8) is 0 Å². The molecule has 2 N–H and O–H groups in total. The molecule has 0 bridgehead atoms. The Morgan fingerprint density at radius 1 is 1.05 bits per heavy atom. The van der Waals surface area contributed by atoms with Crippen LogP contribution in [0.5, 0.6) is 5.75 Å². The molecule has 0 radical (unpaired) electrons. The lowest BCUT2D eigenvalue weighted by Gasteiger charge is -2.32. The Morgan fingerprint density at radius 2 is 1.79 bits per heavy atom. The van der Waals surface area contributed by atoms with Gasteiger partial charge in [0, 0.05) is 42.2 Å². The van der Waals surface area contributed by atoms with Crippen LogP contribution >= 0.6 is 0 Å². The molecule has 1 fully saturated rings. The lowest BCUT2D eigenvalue weighted by atomic mass is 9.81. The molecule has 2 atom stereocenters. The maximum Gasteiger partial charge on any atom is 0.252 e. The van der Waals surface area contributed by atoms with Gasteiger partial charge in [-0.3, -0.25) is 4.79 Å². The molecule has 9 nitrogen and oxygen atoms in total. The highest BCUT2D eigenvalue weighted by molar-refractivity contribution is 6.01. The number of benzene rings is 3. The van der Waals surface area contributed by atoms with Crippen LogP contribution in [0.2, 0.25) is 0 Å². The van der Waals surface area contributed by atoms with Crippen LogP contribution in [0.3, 0.4) is 0 Å². The third kappa shape index (κ3) is 6.75. The number of aliphatic hydroxyl groups excluding tert-OH is 1. The van der Waals surface area contributed by atoms with Crippen LogP contribution < -0.4 is 10.1 Å². The van der Waals surface area contributed by atoms with Crippen molar-refractivity contribution >= 4 is 17.5 Å². The molecule has 0 saturated heterocycles. The third-order valence-corrected chi connectivity index (χ3v) is 8.01. The van der Waals surface area contributed by atoms with E-state index < -0.39 is 11.6 Å². The Bertz CT molecular complexity index is 1420. The van der Waals surface area contributed by atoms with Gasteiger partial charge in [0.25, 0.3) is 5.91 Å². The van der Waals surface area contributed by atoms with E-state index in [4.69, 9.17) is 19.6 Å². The predicted molar refractivity (Wildman–Crippen MR) is 162 cm³/mol. The minimum atomic E-state index is -1.34. The van der Waals surface area contributed by atoms with Gasteiger partial charge in [0.05, 0.1) is 6.61 Å². The molecular weight excluding hydrogens is 530 g/mol. The fourth-order valence-corrected chi connectivity index (χ4v) is 5.79. The molecule has 0 aromatic heterocycles. The van der Waals surface area contributed by atoms with Crippen molar-refractivity contribution in [1.82, 2.24) is 5.32 Å². The number of nitrogens with zero attached hydrogens (tertiary/aromatic N) is 4. The van der Waals surface area contributed by atoms with E-state index in [1.165, 1.54) is 19.3 Å². The van der Waals surface area contributed by atoms with Crippen molar-refractivity contribution in [2.75, 3.05) is 19.8 Å². The summed E-state index contributed by atoms with van der Waals surface area (Å²) in [5.41, 5.74) is 10.6. The van der Waals surface area contributed by atoms with Crippen molar-refractivity contribution in [3.05, 3.63) is 106 Å². The van der Waals surface area contributed by atoms with Gasteiger partial charge in [-0.25, -0.2) is 4.99 Å². The lowest BCUT2D eigenvalue weighted by molar-refractivity contribution is -0.129. The molecule has 0 spiro atoms. The Hall–Kier alpha value is -4.33. The second-order valence-corrected chi connectivity index (χ2v) is 10.9. The molecule has 218 valence electrons. The number of hydrogen-bond donors (Lipinski definition) is 2. The van der Waals surface area contributed by atoms with Crippen LogP contribution in [-0.2, 0) is 16.0 Å². The molecule has 0 unspecified atom stereocenters. The van der Waals surface area contributed by atoms with Gasteiger partial charge in [0.2, 0.25) is 5.90 Å². The Labute approximate surface area is 246 Å². The minimum absolute atomic E-state index is 0.0668. The average Bonchev–Trinajstić information content (AvgIpc) is 3.43. The maximum atomic E-state index is 14.4. The second-order valence-electron chi connectivity index (χ2n) is 10.9. The smallest absolute Gasteiger partial charge is 0.252 e. The molecule has 1 aliphatic carbocycles. The quantitative estimate of drug-likeness (QED) is 0.111. The summed E-state index contributed by atoms with van der Waals surface area (Å²) in [6, 6.07) is 24.3. The summed E-state index contributed by atoms with van der Waals surface area (Å²) in [4.78, 5) is 22.5. The summed E-state index contributed by atoms with van der Waals surface area (Å²) in [6.07, 6.45) is 5.84. The van der Waals surface area contributed by atoms with Crippen molar-refractivity contribution in [2.45, 2.75) is 56.6 Å². The Kier molecular flexibility index (Phi) is 9.74. The van der Waals surface area contributed by atoms with E-state index >= 15 is 0 Å². The Balaban J connectivity index is 1.55. The molecule has 5 rings (SSSR count). The van der Waals surface area contributed by atoms with Crippen LogP contribution in [0, 0.1) is 5.92 Å². The largest absolute Gasteiger partial charge is 0.494 e. The zero-order chi connectivity index (χ0) is 29.2. The lowest BCUT2D eigenvalue weighted by Crippen LogP contribution is -2.51. The summed E-state index contributed by atoms with van der Waals surface area (Å²) in [7, 11) is 0. The van der Waals surface area contributed by atoms with Crippen LogP contribution in [-0.4, -0.2) is 42.2 Å². The molecule has 1 aliphatic heterocycles. The topological polar surface area (TPSA) is 129 Å². The van der Waals surface area contributed by atoms with Gasteiger partial charge in [-0.2, -0.15) is 0 Å². The van der Waals surface area contributed by atoms with Crippen molar-refractivity contribution in [1.29, 1.82) is 0 Å². The number of hydrogen-bond acceptors (Lipinski definition) is 6. The van der Waals surface area contributed by atoms with Gasteiger partial charge < -0.3 is 19.9 Å². The van der Waals surface area contributed by atoms with Gasteiger partial charge in [0.1, 0.15) is 5.75 Å². The summed E-state index contributed by atoms with van der Waals surface area (Å²) >= 11 is 0. The third-order valence-electron chi connectivity index (χ3n) is 8.01. The molecule has 1 heterocycles. The highest BCUT2D eigenvalue weighted by Gasteiger charge is 2.53. The van der Waals surface area contributed by atoms with E-state index in [0.717, 1.165) is 24.0 Å². The van der Waals surface area contributed by atoms with Crippen molar-refractivity contribution in [2.24, 2.45) is 16.0 Å². The number of rotatable bonds is 12. The normalized spacial score (nSPS) is 20.2. The highest BCUT2D eigenvalue weighted by Crippen LogP contribution is 2.43. The highest BCUT2D eigenvalue weighted by atomic mass is 16.5. The molecule has 1 amide bonds. The first kappa shape index (κ1) is 29.2. The number of ether oxygens (including phenoxy) is 2. The summed E-state index contributed by atoms with van der Waals surface area (Å²) in [5, 5.41) is 16.2. The summed E-state index contributed by atoms with van der Waals surface area (Å²) in [6.45, 7) is 1.07. The summed E-state index contributed by atoms with van der Waals surface area (Å²) in [5.74, 6) is 1.26. The SMILES string of the molecule is [N-]=[N+]=Nc1ccccc1C[C@@]1(C(=O)NCC2CCCCC2)N=C(c2ccc(OCCCO)cc2)O[C@@H]1c1ccccc1. The first-order valence-corrected chi connectivity index (χ1v) is 14.7. The van der Waals surface area contributed by atoms with Crippen molar-refractivity contribution in [3.8, 4) is 5.75 Å². The molecular formula is C33H37N5O4. The minimum Gasteiger partial charge on any atom is -0.494 e. The number of azide groups is 1. The molecule has 42 heavy (non-hydrogen) atoms. The van der Waals surface area contributed by atoms with Gasteiger partial charge >= 0.3 is 0 Å². The van der Waals surface area contributed by atoms with Gasteiger partial charge in [0.15, 0.2) is 11.6 Å². The molecule has 9 heteroatoms. The van der Waals surface area contributed by atoms with Crippen molar-refractivity contribution < 1.29 is 19.4 Å². The fraction of sp³-hybridized carbons (Fsp3) is 0.394. The van der Waals surface area contributed by atoms with E-state index in [0.29, 0.717) is 48.4 Å². The number of aliphatic hydroxyl groups is 1. The summed E-state index contributed by atoms with van der Waals surface area (Å²) < 4.78 is 12.3. The Morgan fingerprint density at radius 3 is 2.52 bits per heavy atom. The van der Waals surface area contributed by atoms with E-state index in [1.807, 2.05) is 72.8 Å². The zero-order valence-corrected chi connectivity index (χ0v) is 23.7. The standard InChI is InChI=1S/C33H37N5O4/c34-38-37-29-15-8-7-14-27(29)22-33(32(40)35-23-24-10-3-1-4-11-24)30(25-12-5-2-6-13-25)42-31(36-33)26-16-18-28(19-17-26)41-21-9-20-39/h2,5-8,12-19,24,30,39H,1,3-4,9-11,20-23H2,(H,35,40)/t30-,33-/m1/s1.